The highest BCUT2D eigenvalue weighted by atomic mass is 79.9. The Morgan fingerprint density at radius 3 is 2.25 bits per heavy atom. The number of halogens is 3. The molecule has 0 aromatic heterocycles. The first-order valence-corrected chi connectivity index (χ1v) is 8.75. The topological polar surface area (TPSA) is 0 Å². The van der Waals surface area contributed by atoms with Gasteiger partial charge >= 0.3 is 0 Å². The summed E-state index contributed by atoms with van der Waals surface area (Å²) in [4.78, 5) is 0. The summed E-state index contributed by atoms with van der Waals surface area (Å²) in [5, 5.41) is 0.0358. The summed E-state index contributed by atoms with van der Waals surface area (Å²) in [7, 11) is 0. The van der Waals surface area contributed by atoms with Crippen molar-refractivity contribution in [1.29, 1.82) is 0 Å². The van der Waals surface area contributed by atoms with E-state index in [9.17, 15) is 0 Å². The Hall–Kier alpha value is -0.310. The summed E-state index contributed by atoms with van der Waals surface area (Å²) in [6.45, 7) is 2.09. The molecule has 1 aliphatic carbocycles. The Balaban J connectivity index is 1.88. The molecule has 1 aliphatic rings. The molecule has 104 valence electrons. The monoisotopic (exact) mass is 412 g/mol. The van der Waals surface area contributed by atoms with Crippen molar-refractivity contribution in [2.45, 2.75) is 25.1 Å². The zero-order valence-electron chi connectivity index (χ0n) is 11.2. The maximum Gasteiger partial charge on any atom is 0.0631 e. The highest BCUT2D eigenvalue weighted by molar-refractivity contribution is 9.11. The molecule has 0 spiro atoms. The molecule has 0 N–H and O–H groups in total. The van der Waals surface area contributed by atoms with Gasteiger partial charge in [-0.1, -0.05) is 56.1 Å². The van der Waals surface area contributed by atoms with Crippen LogP contribution in [0.2, 0.25) is 0 Å². The van der Waals surface area contributed by atoms with Gasteiger partial charge in [-0.2, -0.15) is 0 Å². The summed E-state index contributed by atoms with van der Waals surface area (Å²) in [6.07, 6.45) is 2.14. The van der Waals surface area contributed by atoms with Gasteiger partial charge in [0, 0.05) is 8.95 Å². The fraction of sp³-hybridized carbons (Fsp3) is 0.294. The molecular weight excluding hydrogens is 399 g/mol. The van der Waals surface area contributed by atoms with Crippen LogP contribution in [0.1, 0.15) is 27.6 Å². The lowest BCUT2D eigenvalue weighted by Crippen LogP contribution is -2.09. The van der Waals surface area contributed by atoms with E-state index in [1.807, 2.05) is 0 Å². The van der Waals surface area contributed by atoms with Crippen LogP contribution in [0, 0.1) is 12.8 Å². The van der Waals surface area contributed by atoms with Crippen LogP contribution in [0.4, 0.5) is 0 Å². The van der Waals surface area contributed by atoms with Crippen molar-refractivity contribution >= 4 is 43.5 Å². The Labute approximate surface area is 141 Å². The van der Waals surface area contributed by atoms with Crippen LogP contribution in [-0.4, -0.2) is 0 Å². The summed E-state index contributed by atoms with van der Waals surface area (Å²) < 4.78 is 2.23. The number of rotatable bonds is 2. The molecule has 0 saturated heterocycles. The molecular formula is C17H15Br2Cl. The molecule has 0 heterocycles. The molecule has 2 aromatic carbocycles. The Morgan fingerprint density at radius 1 is 1.05 bits per heavy atom. The van der Waals surface area contributed by atoms with E-state index in [4.69, 9.17) is 11.6 Å². The molecule has 0 amide bonds. The van der Waals surface area contributed by atoms with E-state index in [0.29, 0.717) is 5.92 Å². The van der Waals surface area contributed by atoms with E-state index in [2.05, 4.69) is 75.2 Å². The molecule has 0 fully saturated rings. The predicted octanol–water partition coefficient (Wildman–Crippen LogP) is 6.21. The molecule has 20 heavy (non-hydrogen) atoms. The molecule has 1 atom stereocenters. The van der Waals surface area contributed by atoms with Crippen LogP contribution in [0.25, 0.3) is 0 Å². The van der Waals surface area contributed by atoms with Crippen molar-refractivity contribution in [3.05, 3.63) is 67.6 Å². The SMILES string of the molecule is Cc1cc(Br)c(C(Cl)C2Cc3ccccc3C2)cc1Br. The van der Waals surface area contributed by atoms with E-state index in [-0.39, 0.29) is 5.38 Å². The maximum absolute atomic E-state index is 6.78. The second kappa shape index (κ2) is 5.82. The summed E-state index contributed by atoms with van der Waals surface area (Å²) in [5.74, 6) is 0.472. The van der Waals surface area contributed by atoms with Crippen molar-refractivity contribution in [3.63, 3.8) is 0 Å². The van der Waals surface area contributed by atoms with E-state index in [0.717, 1.165) is 21.8 Å². The Bertz CT molecular complexity index is 626. The van der Waals surface area contributed by atoms with Crippen LogP contribution in [0.5, 0.6) is 0 Å². The smallest absolute Gasteiger partial charge is 0.0631 e. The molecule has 0 aliphatic heterocycles. The van der Waals surface area contributed by atoms with Crippen LogP contribution in [0.3, 0.4) is 0 Å². The fourth-order valence-corrected chi connectivity index (χ4v) is 4.48. The summed E-state index contributed by atoms with van der Waals surface area (Å²) in [5.41, 5.74) is 5.30. The number of fused-ring (bicyclic) bond motifs is 1. The standard InChI is InChI=1S/C17H15Br2Cl/c1-10-6-16(19)14(9-15(10)18)17(20)13-7-11-4-2-3-5-12(11)8-13/h2-6,9,13,17H,7-8H2,1H3. The number of alkyl halides is 1. The van der Waals surface area contributed by atoms with Gasteiger partial charge in [-0.15, -0.1) is 11.6 Å². The fourth-order valence-electron chi connectivity index (χ4n) is 2.93. The number of hydrogen-bond acceptors (Lipinski definition) is 0. The van der Waals surface area contributed by atoms with E-state index in [1.165, 1.54) is 22.3 Å². The first kappa shape index (κ1) is 14.6. The van der Waals surface area contributed by atoms with Gasteiger partial charge in [-0.3, -0.25) is 0 Å². The third kappa shape index (κ3) is 2.70. The largest absolute Gasteiger partial charge is 0.117 e. The molecule has 1 unspecified atom stereocenters. The lowest BCUT2D eigenvalue weighted by atomic mass is 9.95. The van der Waals surface area contributed by atoms with Crippen molar-refractivity contribution in [1.82, 2.24) is 0 Å². The third-order valence-corrected chi connectivity index (χ3v) is 6.20. The lowest BCUT2D eigenvalue weighted by molar-refractivity contribution is 0.539. The normalized spacial score (nSPS) is 16.2. The van der Waals surface area contributed by atoms with Gasteiger partial charge in [0.2, 0.25) is 0 Å². The van der Waals surface area contributed by atoms with Crippen molar-refractivity contribution in [2.24, 2.45) is 5.92 Å². The van der Waals surface area contributed by atoms with Crippen LogP contribution in [0.15, 0.2) is 45.3 Å². The molecule has 0 saturated carbocycles. The van der Waals surface area contributed by atoms with Crippen LogP contribution >= 0.6 is 43.5 Å². The number of benzene rings is 2. The molecule has 3 heteroatoms. The van der Waals surface area contributed by atoms with Gasteiger partial charge < -0.3 is 0 Å². The van der Waals surface area contributed by atoms with E-state index in [1.54, 1.807) is 0 Å². The minimum atomic E-state index is 0.0358. The first-order valence-electron chi connectivity index (χ1n) is 6.72. The van der Waals surface area contributed by atoms with Crippen LogP contribution < -0.4 is 0 Å². The minimum Gasteiger partial charge on any atom is -0.117 e. The quantitative estimate of drug-likeness (QED) is 0.512. The van der Waals surface area contributed by atoms with Gasteiger partial charge in [-0.05, 0) is 60.1 Å². The average Bonchev–Trinajstić information content (AvgIpc) is 2.86. The van der Waals surface area contributed by atoms with Crippen molar-refractivity contribution in [3.8, 4) is 0 Å². The van der Waals surface area contributed by atoms with Crippen molar-refractivity contribution < 1.29 is 0 Å². The highest BCUT2D eigenvalue weighted by Gasteiger charge is 2.29. The highest BCUT2D eigenvalue weighted by Crippen LogP contribution is 2.42. The van der Waals surface area contributed by atoms with Gasteiger partial charge in [-0.25, -0.2) is 0 Å². The first-order chi connectivity index (χ1) is 9.56. The second-order valence-electron chi connectivity index (χ2n) is 5.46. The van der Waals surface area contributed by atoms with Gasteiger partial charge in [0.15, 0.2) is 0 Å². The predicted molar refractivity (Wildman–Crippen MR) is 92.5 cm³/mol. The van der Waals surface area contributed by atoms with Gasteiger partial charge in [0.25, 0.3) is 0 Å². The summed E-state index contributed by atoms with van der Waals surface area (Å²) in [6, 6.07) is 13.0. The van der Waals surface area contributed by atoms with Gasteiger partial charge in [0.1, 0.15) is 0 Å². The second-order valence-corrected chi connectivity index (χ2v) is 7.64. The maximum atomic E-state index is 6.78. The van der Waals surface area contributed by atoms with Gasteiger partial charge in [0.05, 0.1) is 5.38 Å². The number of hydrogen-bond donors (Lipinski definition) is 0. The molecule has 0 nitrogen and oxygen atoms in total. The molecule has 0 bridgehead atoms. The zero-order chi connectivity index (χ0) is 14.3. The number of aryl methyl sites for hydroxylation is 1. The molecule has 3 rings (SSSR count). The van der Waals surface area contributed by atoms with E-state index >= 15 is 0 Å². The van der Waals surface area contributed by atoms with E-state index < -0.39 is 0 Å². The average molecular weight is 415 g/mol. The lowest BCUT2D eigenvalue weighted by Gasteiger charge is -2.19. The minimum absolute atomic E-state index is 0.0358. The van der Waals surface area contributed by atoms with Crippen LogP contribution in [-0.2, 0) is 12.8 Å². The third-order valence-electron chi connectivity index (χ3n) is 4.07. The Kier molecular flexibility index (Phi) is 4.26. The molecule has 0 radical (unpaired) electrons. The zero-order valence-corrected chi connectivity index (χ0v) is 15.1. The van der Waals surface area contributed by atoms with Crippen molar-refractivity contribution in [2.75, 3.05) is 0 Å². The summed E-state index contributed by atoms with van der Waals surface area (Å²) >= 11 is 14.0. The molecule has 2 aromatic rings. The Morgan fingerprint density at radius 2 is 1.65 bits per heavy atom.